The van der Waals surface area contributed by atoms with Crippen molar-refractivity contribution < 1.29 is 35.6 Å². The number of fused-ring (bicyclic) bond motifs is 1. The second kappa shape index (κ2) is 7.36. The summed E-state index contributed by atoms with van der Waals surface area (Å²) in [5, 5.41) is 8.79. The Bertz CT molecular complexity index is 1090. The van der Waals surface area contributed by atoms with Gasteiger partial charge in [0.05, 0.1) is 24.1 Å². The molecule has 2 N–H and O–H groups in total. The van der Waals surface area contributed by atoms with E-state index >= 15 is 0 Å². The van der Waals surface area contributed by atoms with E-state index in [2.05, 4.69) is 15.7 Å². The third kappa shape index (κ3) is 4.09. The minimum absolute atomic E-state index is 0.162. The molecule has 0 saturated heterocycles. The molecule has 0 radical (unpaired) electrons. The van der Waals surface area contributed by atoms with Crippen LogP contribution in [0.25, 0.3) is 0 Å². The van der Waals surface area contributed by atoms with Gasteiger partial charge < -0.3 is 15.1 Å². The highest BCUT2D eigenvalue weighted by Crippen LogP contribution is 2.44. The van der Waals surface area contributed by atoms with Crippen LogP contribution in [0, 0.1) is 0 Å². The normalized spacial score (nSPS) is 18.9. The zero-order valence-electron chi connectivity index (χ0n) is 15.5. The van der Waals surface area contributed by atoms with E-state index in [4.69, 9.17) is 4.42 Å². The fourth-order valence-electron chi connectivity index (χ4n) is 3.38. The molecule has 0 aliphatic carbocycles. The van der Waals surface area contributed by atoms with E-state index in [9.17, 15) is 31.1 Å². The van der Waals surface area contributed by atoms with Crippen LogP contribution in [0.15, 0.2) is 53.3 Å². The number of benzene rings is 1. The van der Waals surface area contributed by atoms with Gasteiger partial charge in [-0.2, -0.15) is 31.4 Å². The standard InChI is InChI=1S/C19H14F6N4O2/c20-18(21,22)10-3-1-4-11(7-10)27-17(30)12-9-26-29-15(19(23,24)25)8-13(28-16(12)29)14-5-2-6-31-14/h1-7,9,13,15,28H,8H2,(H,27,30)/t13-,15-/m1/s1. The first-order valence-corrected chi connectivity index (χ1v) is 8.97. The number of carbonyl (C=O) groups excluding carboxylic acids is 1. The van der Waals surface area contributed by atoms with E-state index < -0.39 is 42.3 Å². The quantitative estimate of drug-likeness (QED) is 0.530. The Hall–Kier alpha value is -3.44. The smallest absolute Gasteiger partial charge is 0.416 e. The van der Waals surface area contributed by atoms with Crippen LogP contribution >= 0.6 is 0 Å². The number of hydrogen-bond acceptors (Lipinski definition) is 4. The lowest BCUT2D eigenvalue weighted by Gasteiger charge is -2.32. The second-order valence-corrected chi connectivity index (χ2v) is 6.89. The molecule has 2 atom stereocenters. The summed E-state index contributed by atoms with van der Waals surface area (Å²) in [5.74, 6) is -0.875. The van der Waals surface area contributed by atoms with Gasteiger partial charge in [0.1, 0.15) is 17.1 Å². The summed E-state index contributed by atoms with van der Waals surface area (Å²) in [6, 6.07) is 4.02. The van der Waals surface area contributed by atoms with Crippen LogP contribution in [0.5, 0.6) is 0 Å². The Morgan fingerprint density at radius 3 is 2.58 bits per heavy atom. The summed E-state index contributed by atoms with van der Waals surface area (Å²) < 4.78 is 85.4. The van der Waals surface area contributed by atoms with Crippen molar-refractivity contribution in [3.05, 3.63) is 65.7 Å². The Labute approximate surface area is 170 Å². The average Bonchev–Trinajstić information content (AvgIpc) is 3.36. The molecule has 0 bridgehead atoms. The van der Waals surface area contributed by atoms with Gasteiger partial charge in [-0.05, 0) is 30.3 Å². The molecule has 0 fully saturated rings. The third-order valence-electron chi connectivity index (χ3n) is 4.82. The topological polar surface area (TPSA) is 72.1 Å². The predicted molar refractivity (Wildman–Crippen MR) is 96.4 cm³/mol. The summed E-state index contributed by atoms with van der Waals surface area (Å²) in [6.07, 6.45) is -7.43. The largest absolute Gasteiger partial charge is 0.467 e. The van der Waals surface area contributed by atoms with Gasteiger partial charge in [0, 0.05) is 12.1 Å². The molecule has 3 aromatic rings. The van der Waals surface area contributed by atoms with Crippen LogP contribution in [-0.4, -0.2) is 21.9 Å². The van der Waals surface area contributed by atoms with Gasteiger partial charge in [0.25, 0.3) is 5.91 Å². The van der Waals surface area contributed by atoms with Crippen LogP contribution in [-0.2, 0) is 6.18 Å². The third-order valence-corrected chi connectivity index (χ3v) is 4.82. The lowest BCUT2D eigenvalue weighted by atomic mass is 10.0. The van der Waals surface area contributed by atoms with Crippen molar-refractivity contribution >= 4 is 17.4 Å². The zero-order chi connectivity index (χ0) is 22.4. The lowest BCUT2D eigenvalue weighted by molar-refractivity contribution is -0.174. The molecule has 1 aromatic carbocycles. The summed E-state index contributed by atoms with van der Waals surface area (Å²) in [7, 11) is 0. The van der Waals surface area contributed by atoms with Gasteiger partial charge in [-0.1, -0.05) is 6.07 Å². The minimum Gasteiger partial charge on any atom is -0.467 e. The maximum absolute atomic E-state index is 13.6. The van der Waals surface area contributed by atoms with Crippen molar-refractivity contribution in [3.8, 4) is 0 Å². The molecule has 2 aromatic heterocycles. The van der Waals surface area contributed by atoms with E-state index in [1.54, 1.807) is 0 Å². The maximum Gasteiger partial charge on any atom is 0.416 e. The molecule has 3 heterocycles. The summed E-state index contributed by atoms with van der Waals surface area (Å²) in [6.45, 7) is 0. The van der Waals surface area contributed by atoms with Crippen LogP contribution in [0.3, 0.4) is 0 Å². The Morgan fingerprint density at radius 1 is 1.16 bits per heavy atom. The number of carbonyl (C=O) groups is 1. The first-order valence-electron chi connectivity index (χ1n) is 8.97. The second-order valence-electron chi connectivity index (χ2n) is 6.89. The van der Waals surface area contributed by atoms with Crippen molar-refractivity contribution in [2.75, 3.05) is 10.6 Å². The molecule has 1 aliphatic rings. The molecular weight excluding hydrogens is 430 g/mol. The average molecular weight is 444 g/mol. The summed E-state index contributed by atoms with van der Waals surface area (Å²) >= 11 is 0. The molecule has 6 nitrogen and oxygen atoms in total. The first-order chi connectivity index (χ1) is 14.5. The monoisotopic (exact) mass is 444 g/mol. The van der Waals surface area contributed by atoms with Gasteiger partial charge in [-0.15, -0.1) is 0 Å². The molecule has 0 saturated carbocycles. The predicted octanol–water partition coefficient (Wildman–Crippen LogP) is 5.41. The number of rotatable bonds is 3. The molecule has 1 amide bonds. The van der Waals surface area contributed by atoms with Crippen molar-refractivity contribution in [1.82, 2.24) is 9.78 Å². The highest BCUT2D eigenvalue weighted by molar-refractivity contribution is 6.07. The number of nitrogens with zero attached hydrogens (tertiary/aromatic N) is 2. The Morgan fingerprint density at radius 2 is 1.94 bits per heavy atom. The number of amides is 1. The minimum atomic E-state index is -4.65. The van der Waals surface area contributed by atoms with Crippen molar-refractivity contribution in [2.45, 2.75) is 30.9 Å². The van der Waals surface area contributed by atoms with Crippen LogP contribution in [0.4, 0.5) is 37.8 Å². The highest BCUT2D eigenvalue weighted by Gasteiger charge is 2.47. The Kier molecular flexibility index (Phi) is 4.94. The number of hydrogen-bond donors (Lipinski definition) is 2. The Balaban J connectivity index is 1.66. The molecule has 12 heteroatoms. The number of nitrogens with one attached hydrogen (secondary N) is 2. The van der Waals surface area contributed by atoms with Crippen LogP contribution in [0.2, 0.25) is 0 Å². The van der Waals surface area contributed by atoms with E-state index in [0.29, 0.717) is 4.68 Å². The van der Waals surface area contributed by atoms with Crippen molar-refractivity contribution in [3.63, 3.8) is 0 Å². The first kappa shape index (κ1) is 20.8. The van der Waals surface area contributed by atoms with Gasteiger partial charge >= 0.3 is 12.4 Å². The molecule has 0 unspecified atom stereocenters. The zero-order valence-corrected chi connectivity index (χ0v) is 15.5. The van der Waals surface area contributed by atoms with Gasteiger partial charge in [0.15, 0.2) is 6.04 Å². The van der Waals surface area contributed by atoms with E-state index in [0.717, 1.165) is 24.4 Å². The maximum atomic E-state index is 13.6. The van der Waals surface area contributed by atoms with Crippen molar-refractivity contribution in [1.29, 1.82) is 0 Å². The number of alkyl halides is 6. The van der Waals surface area contributed by atoms with Gasteiger partial charge in [-0.3, -0.25) is 4.79 Å². The summed E-state index contributed by atoms with van der Waals surface area (Å²) in [4.78, 5) is 12.7. The number of halogens is 6. The molecule has 0 spiro atoms. The van der Waals surface area contributed by atoms with Gasteiger partial charge in [0.2, 0.25) is 0 Å². The highest BCUT2D eigenvalue weighted by atomic mass is 19.4. The van der Waals surface area contributed by atoms with E-state index in [1.165, 1.54) is 24.5 Å². The SMILES string of the molecule is O=C(Nc1cccc(C(F)(F)F)c1)c1cnn2c1N[C@@H](c1ccco1)C[C@@H]2C(F)(F)F. The molecule has 31 heavy (non-hydrogen) atoms. The number of aromatic nitrogens is 2. The van der Waals surface area contributed by atoms with Crippen LogP contribution < -0.4 is 10.6 Å². The fraction of sp³-hybridized carbons (Fsp3) is 0.263. The molecule has 1 aliphatic heterocycles. The van der Waals surface area contributed by atoms with Crippen molar-refractivity contribution in [2.24, 2.45) is 0 Å². The van der Waals surface area contributed by atoms with E-state index in [1.807, 2.05) is 0 Å². The fourth-order valence-corrected chi connectivity index (χ4v) is 3.38. The van der Waals surface area contributed by atoms with Gasteiger partial charge in [-0.25, -0.2) is 4.68 Å². The summed E-state index contributed by atoms with van der Waals surface area (Å²) in [5.41, 5.74) is -1.39. The molecule has 4 rings (SSSR count). The number of anilines is 2. The molecular formula is C19H14F6N4O2. The van der Waals surface area contributed by atoms with E-state index in [-0.39, 0.29) is 22.8 Å². The van der Waals surface area contributed by atoms with Crippen LogP contribution in [0.1, 0.15) is 40.2 Å². The number of furan rings is 1. The molecule has 164 valence electrons. The lowest BCUT2D eigenvalue weighted by Crippen LogP contribution is -2.36.